The molecule has 0 heterocycles. The number of methoxy groups -OCH3 is 2. The van der Waals surface area contributed by atoms with Crippen LogP contribution in [0.1, 0.15) is 5.56 Å². The van der Waals surface area contributed by atoms with Crippen molar-refractivity contribution in [3.8, 4) is 11.5 Å². The first-order valence-electron chi connectivity index (χ1n) is 7.18. The van der Waals surface area contributed by atoms with Crippen LogP contribution in [-0.4, -0.2) is 34.6 Å². The number of anilines is 1. The number of ether oxygens (including phenoxy) is 2. The molecule has 0 bridgehead atoms. The van der Waals surface area contributed by atoms with Gasteiger partial charge in [0.15, 0.2) is 0 Å². The average molecular weight is 366 g/mol. The maximum Gasteiger partial charge on any atom is 0.270 e. The highest BCUT2D eigenvalue weighted by atomic mass is 32.2. The Hall–Kier alpha value is -2.81. The van der Waals surface area contributed by atoms with Gasteiger partial charge >= 0.3 is 0 Å². The van der Waals surface area contributed by atoms with Crippen LogP contribution >= 0.6 is 0 Å². The van der Waals surface area contributed by atoms with Crippen LogP contribution in [0, 0.1) is 17.0 Å². The van der Waals surface area contributed by atoms with Crippen molar-refractivity contribution in [3.05, 3.63) is 52.1 Å². The summed E-state index contributed by atoms with van der Waals surface area (Å²) in [6.45, 7) is 1.58. The first-order valence-corrected chi connectivity index (χ1v) is 8.62. The Morgan fingerprint density at radius 2 is 1.76 bits per heavy atom. The normalized spacial score (nSPS) is 11.0. The van der Waals surface area contributed by atoms with Crippen LogP contribution in [0.5, 0.6) is 11.5 Å². The smallest absolute Gasteiger partial charge is 0.270 e. The molecule has 0 unspecified atom stereocenters. The fourth-order valence-electron chi connectivity index (χ4n) is 2.30. The van der Waals surface area contributed by atoms with Gasteiger partial charge < -0.3 is 9.47 Å². The monoisotopic (exact) mass is 366 g/mol. The largest absolute Gasteiger partial charge is 0.497 e. The minimum atomic E-state index is -4.04. The van der Waals surface area contributed by atoms with Gasteiger partial charge in [0.25, 0.3) is 15.7 Å². The van der Waals surface area contributed by atoms with Gasteiger partial charge in [-0.3, -0.25) is 14.4 Å². The molecule has 0 aromatic heterocycles. The minimum absolute atomic E-state index is 0.144. The minimum Gasteiger partial charge on any atom is -0.497 e. The second-order valence-corrected chi connectivity index (χ2v) is 7.15. The lowest BCUT2D eigenvalue weighted by molar-refractivity contribution is -0.385. The van der Waals surface area contributed by atoms with Crippen molar-refractivity contribution in [2.45, 2.75) is 11.8 Å². The fraction of sp³-hybridized carbons (Fsp3) is 0.250. The maximum atomic E-state index is 13.0. The quantitative estimate of drug-likeness (QED) is 0.576. The van der Waals surface area contributed by atoms with E-state index in [1.807, 2.05) is 0 Å². The molecule has 0 fully saturated rings. The summed E-state index contributed by atoms with van der Waals surface area (Å²) in [5, 5.41) is 11.0. The van der Waals surface area contributed by atoms with Crippen LogP contribution in [-0.2, 0) is 10.0 Å². The van der Waals surface area contributed by atoms with Crippen LogP contribution in [0.15, 0.2) is 41.3 Å². The summed E-state index contributed by atoms with van der Waals surface area (Å²) in [7, 11) is 0.193. The maximum absolute atomic E-state index is 13.0. The Bertz CT molecular complexity index is 911. The molecule has 2 rings (SSSR count). The molecule has 0 atom stereocenters. The van der Waals surface area contributed by atoms with Crippen molar-refractivity contribution in [1.29, 1.82) is 0 Å². The second-order valence-electron chi connectivity index (χ2n) is 5.22. The standard InChI is InChI=1S/C16H18N2O6S/c1-11-5-6-12(18(19)20)9-16(11)25(21,22)17(2)14-10-13(23-3)7-8-15(14)24-4/h5-10H,1-4H3. The average Bonchev–Trinajstić information content (AvgIpc) is 2.60. The summed E-state index contributed by atoms with van der Waals surface area (Å²) in [4.78, 5) is 10.2. The zero-order chi connectivity index (χ0) is 18.8. The molecular weight excluding hydrogens is 348 g/mol. The van der Waals surface area contributed by atoms with Crippen molar-refractivity contribution < 1.29 is 22.8 Å². The summed E-state index contributed by atoms with van der Waals surface area (Å²) >= 11 is 0. The third kappa shape index (κ3) is 3.50. The van der Waals surface area contributed by atoms with Crippen LogP contribution in [0.3, 0.4) is 0 Å². The number of hydrogen-bond acceptors (Lipinski definition) is 6. The Morgan fingerprint density at radius 3 is 2.32 bits per heavy atom. The molecule has 0 saturated carbocycles. The Balaban J connectivity index is 2.61. The van der Waals surface area contributed by atoms with Gasteiger partial charge in [-0.25, -0.2) is 8.42 Å². The van der Waals surface area contributed by atoms with Crippen LogP contribution in [0.2, 0.25) is 0 Å². The zero-order valence-electron chi connectivity index (χ0n) is 14.2. The fourth-order valence-corrected chi connectivity index (χ4v) is 3.74. The lowest BCUT2D eigenvalue weighted by atomic mass is 10.2. The van der Waals surface area contributed by atoms with Gasteiger partial charge in [0.2, 0.25) is 0 Å². The van der Waals surface area contributed by atoms with E-state index in [4.69, 9.17) is 9.47 Å². The van der Waals surface area contributed by atoms with Crippen molar-refractivity contribution in [2.75, 3.05) is 25.6 Å². The molecule has 134 valence electrons. The van der Waals surface area contributed by atoms with Gasteiger partial charge in [0, 0.05) is 25.2 Å². The van der Waals surface area contributed by atoms with E-state index < -0.39 is 14.9 Å². The summed E-state index contributed by atoms with van der Waals surface area (Å²) in [6.07, 6.45) is 0. The molecule has 0 aliphatic rings. The summed E-state index contributed by atoms with van der Waals surface area (Å²) in [6, 6.07) is 8.46. The first kappa shape index (κ1) is 18.5. The van der Waals surface area contributed by atoms with Crippen molar-refractivity contribution in [2.24, 2.45) is 0 Å². The van der Waals surface area contributed by atoms with E-state index in [2.05, 4.69) is 0 Å². The highest BCUT2D eigenvalue weighted by molar-refractivity contribution is 7.92. The van der Waals surface area contributed by atoms with Crippen molar-refractivity contribution in [3.63, 3.8) is 0 Å². The first-order chi connectivity index (χ1) is 11.7. The molecular formula is C16H18N2O6S. The highest BCUT2D eigenvalue weighted by Crippen LogP contribution is 2.35. The van der Waals surface area contributed by atoms with E-state index in [-0.39, 0.29) is 16.3 Å². The molecule has 0 saturated heterocycles. The van der Waals surface area contributed by atoms with E-state index in [1.54, 1.807) is 19.1 Å². The van der Waals surface area contributed by atoms with Gasteiger partial charge in [0.1, 0.15) is 11.5 Å². The van der Waals surface area contributed by atoms with Crippen LogP contribution < -0.4 is 13.8 Å². The molecule has 8 nitrogen and oxygen atoms in total. The summed E-state index contributed by atoms with van der Waals surface area (Å²) in [5.74, 6) is 0.781. The highest BCUT2D eigenvalue weighted by Gasteiger charge is 2.27. The second kappa shape index (κ2) is 6.98. The molecule has 0 aliphatic carbocycles. The Kier molecular flexibility index (Phi) is 5.17. The Labute approximate surface area is 145 Å². The third-order valence-electron chi connectivity index (χ3n) is 3.75. The van der Waals surface area contributed by atoms with Crippen LogP contribution in [0.4, 0.5) is 11.4 Å². The van der Waals surface area contributed by atoms with E-state index in [0.29, 0.717) is 17.1 Å². The number of sulfonamides is 1. The molecule has 9 heteroatoms. The molecule has 2 aromatic rings. The number of non-ortho nitro benzene ring substituents is 1. The zero-order valence-corrected chi connectivity index (χ0v) is 15.0. The molecule has 0 spiro atoms. The third-order valence-corrected chi connectivity index (χ3v) is 5.66. The van der Waals surface area contributed by atoms with E-state index in [1.165, 1.54) is 39.5 Å². The lowest BCUT2D eigenvalue weighted by Crippen LogP contribution is -2.27. The molecule has 25 heavy (non-hydrogen) atoms. The predicted molar refractivity (Wildman–Crippen MR) is 93.0 cm³/mol. The topological polar surface area (TPSA) is 99.0 Å². The number of aryl methyl sites for hydroxylation is 1. The van der Waals surface area contributed by atoms with Crippen molar-refractivity contribution in [1.82, 2.24) is 0 Å². The van der Waals surface area contributed by atoms with E-state index in [0.717, 1.165) is 10.4 Å². The number of benzene rings is 2. The van der Waals surface area contributed by atoms with Gasteiger partial charge in [-0.15, -0.1) is 0 Å². The van der Waals surface area contributed by atoms with E-state index in [9.17, 15) is 18.5 Å². The number of hydrogen-bond donors (Lipinski definition) is 0. The van der Waals surface area contributed by atoms with Crippen LogP contribution in [0.25, 0.3) is 0 Å². The molecule has 0 N–H and O–H groups in total. The molecule has 0 aliphatic heterocycles. The van der Waals surface area contributed by atoms with Gasteiger partial charge in [0.05, 0.1) is 29.7 Å². The number of rotatable bonds is 6. The predicted octanol–water partition coefficient (Wildman–Crippen LogP) is 2.75. The summed E-state index contributed by atoms with van der Waals surface area (Å²) < 4.78 is 37.4. The Morgan fingerprint density at radius 1 is 1.08 bits per heavy atom. The molecule has 0 amide bonds. The number of nitro groups is 1. The number of nitro benzene ring substituents is 1. The van der Waals surface area contributed by atoms with Gasteiger partial charge in [-0.05, 0) is 24.6 Å². The lowest BCUT2D eigenvalue weighted by Gasteiger charge is -2.23. The molecule has 2 aromatic carbocycles. The molecule has 0 radical (unpaired) electrons. The summed E-state index contributed by atoms with van der Waals surface area (Å²) in [5.41, 5.74) is 0.363. The SMILES string of the molecule is COc1ccc(OC)c(N(C)S(=O)(=O)c2cc([N+](=O)[O-])ccc2C)c1. The van der Waals surface area contributed by atoms with E-state index >= 15 is 0 Å². The number of nitrogens with zero attached hydrogens (tertiary/aromatic N) is 2. The van der Waals surface area contributed by atoms with Gasteiger partial charge in [-0.2, -0.15) is 0 Å². The van der Waals surface area contributed by atoms with Gasteiger partial charge in [-0.1, -0.05) is 6.07 Å². The van der Waals surface area contributed by atoms with Crippen molar-refractivity contribution >= 4 is 21.4 Å².